The van der Waals surface area contributed by atoms with Gasteiger partial charge in [-0.3, -0.25) is 0 Å². The van der Waals surface area contributed by atoms with Gasteiger partial charge in [-0.1, -0.05) is 0 Å². The molecule has 5 aromatic heterocycles. The van der Waals surface area contributed by atoms with Crippen molar-refractivity contribution in [2.24, 2.45) is 0 Å². The van der Waals surface area contributed by atoms with E-state index in [2.05, 4.69) is 56.6 Å². The maximum absolute atomic E-state index is 2.53. The van der Waals surface area contributed by atoms with Crippen LogP contribution in [-0.4, -0.2) is 9.13 Å². The van der Waals surface area contributed by atoms with Gasteiger partial charge in [0.25, 0.3) is 0 Å². The van der Waals surface area contributed by atoms with E-state index in [0.29, 0.717) is 0 Å². The van der Waals surface area contributed by atoms with E-state index in [1.54, 1.807) is 0 Å². The summed E-state index contributed by atoms with van der Waals surface area (Å²) >= 11 is 5.56. The van der Waals surface area contributed by atoms with Crippen molar-refractivity contribution in [1.82, 2.24) is 9.13 Å². The van der Waals surface area contributed by atoms with Crippen molar-refractivity contribution in [3.8, 4) is 0 Å². The zero-order valence-electron chi connectivity index (χ0n) is 14.0. The molecule has 6 aromatic rings. The Labute approximate surface area is 156 Å². The largest absolute Gasteiger partial charge is 0.331 e. The lowest BCUT2D eigenvalue weighted by molar-refractivity contribution is 0.814. The molecule has 6 rings (SSSR count). The van der Waals surface area contributed by atoms with Crippen molar-refractivity contribution >= 4 is 87.0 Å². The molecule has 5 heterocycles. The van der Waals surface area contributed by atoms with Crippen molar-refractivity contribution in [2.75, 3.05) is 0 Å². The molecule has 0 bridgehead atoms. The maximum Gasteiger partial charge on any atom is 0.103 e. The van der Waals surface area contributed by atoms with Gasteiger partial charge in [0.15, 0.2) is 0 Å². The highest BCUT2D eigenvalue weighted by molar-refractivity contribution is 7.17. The molecule has 0 saturated heterocycles. The molecule has 0 aliphatic carbocycles. The van der Waals surface area contributed by atoms with E-state index in [9.17, 15) is 0 Å². The van der Waals surface area contributed by atoms with Gasteiger partial charge < -0.3 is 9.13 Å². The molecule has 2 nitrogen and oxygen atoms in total. The van der Waals surface area contributed by atoms with Crippen LogP contribution in [0.1, 0.15) is 13.8 Å². The summed E-state index contributed by atoms with van der Waals surface area (Å²) in [4.78, 5) is 2.81. The third-order valence-corrected chi connectivity index (χ3v) is 8.00. The van der Waals surface area contributed by atoms with Gasteiger partial charge in [0.2, 0.25) is 0 Å². The molecule has 0 aliphatic heterocycles. The molecule has 0 spiro atoms. The molecule has 0 aliphatic rings. The van der Waals surface area contributed by atoms with Crippen LogP contribution >= 0.6 is 34.0 Å². The second-order valence-corrected chi connectivity index (χ2v) is 8.95. The fourth-order valence-electron chi connectivity index (χ4n) is 4.45. The van der Waals surface area contributed by atoms with Crippen LogP contribution in [0.5, 0.6) is 0 Å². The minimum absolute atomic E-state index is 1.01. The third kappa shape index (κ3) is 1.56. The first kappa shape index (κ1) is 14.4. The zero-order valence-corrected chi connectivity index (χ0v) is 16.4. The maximum atomic E-state index is 2.53. The van der Waals surface area contributed by atoms with Crippen LogP contribution in [0.3, 0.4) is 0 Å². The second kappa shape index (κ2) is 4.87. The molecular weight excluding hydrogens is 364 g/mol. The van der Waals surface area contributed by atoms with E-state index in [4.69, 9.17) is 0 Å². The first-order valence-electron chi connectivity index (χ1n) is 8.61. The fraction of sp³-hybridized carbons (Fsp3) is 0.200. The molecular formula is C20H16N2S3. The van der Waals surface area contributed by atoms with Crippen molar-refractivity contribution < 1.29 is 0 Å². The summed E-state index contributed by atoms with van der Waals surface area (Å²) in [5.41, 5.74) is 2.85. The van der Waals surface area contributed by atoms with Gasteiger partial charge in [-0.2, -0.15) is 11.3 Å². The summed E-state index contributed by atoms with van der Waals surface area (Å²) in [7, 11) is 0. The molecule has 5 heteroatoms. The highest BCUT2D eigenvalue weighted by atomic mass is 32.1. The highest BCUT2D eigenvalue weighted by Crippen LogP contribution is 2.47. The number of fused-ring (bicyclic) bond motifs is 10. The van der Waals surface area contributed by atoms with Crippen LogP contribution in [0.4, 0.5) is 0 Å². The number of aromatic nitrogens is 2. The zero-order chi connectivity index (χ0) is 16.7. The van der Waals surface area contributed by atoms with Crippen LogP contribution in [0, 0.1) is 0 Å². The van der Waals surface area contributed by atoms with Gasteiger partial charge in [-0.25, -0.2) is 0 Å². The molecule has 25 heavy (non-hydrogen) atoms. The predicted molar refractivity (Wildman–Crippen MR) is 115 cm³/mol. The molecule has 124 valence electrons. The summed E-state index contributed by atoms with van der Waals surface area (Å²) in [6, 6.07) is 4.61. The lowest BCUT2D eigenvalue weighted by atomic mass is 10.0. The number of thiophene rings is 3. The van der Waals surface area contributed by atoms with E-state index in [1.807, 2.05) is 34.0 Å². The van der Waals surface area contributed by atoms with E-state index in [0.717, 1.165) is 13.1 Å². The minimum atomic E-state index is 1.01. The number of benzene rings is 1. The Hall–Kier alpha value is -1.82. The normalized spacial score (nSPS) is 12.7. The number of hydrogen-bond donors (Lipinski definition) is 0. The third-order valence-electron chi connectivity index (χ3n) is 5.39. The van der Waals surface area contributed by atoms with Crippen LogP contribution in [-0.2, 0) is 13.1 Å². The standard InChI is InChI=1S/C20H16N2S3/c1-3-21-17-15(11-5-7-24-19(11)21)13-9-23-10-14(13)16-12-6-8-25-20(12)22(4-2)18(16)17/h5-10H,3-4H2,1-2H3. The number of nitrogens with zero attached hydrogens (tertiary/aromatic N) is 2. The molecule has 0 amide bonds. The van der Waals surface area contributed by atoms with Gasteiger partial charge >= 0.3 is 0 Å². The van der Waals surface area contributed by atoms with Gasteiger partial charge in [-0.15, -0.1) is 22.7 Å². The van der Waals surface area contributed by atoms with E-state index in [1.165, 1.54) is 53.0 Å². The molecule has 0 saturated carbocycles. The summed E-state index contributed by atoms with van der Waals surface area (Å²) < 4.78 is 5.06. The van der Waals surface area contributed by atoms with Crippen LogP contribution in [0.15, 0.2) is 33.7 Å². The highest BCUT2D eigenvalue weighted by Gasteiger charge is 2.23. The molecule has 0 N–H and O–H groups in total. The number of rotatable bonds is 2. The smallest absolute Gasteiger partial charge is 0.103 e. The summed E-state index contributed by atoms with van der Waals surface area (Å²) in [5, 5.41) is 17.7. The van der Waals surface area contributed by atoms with Gasteiger partial charge in [0.1, 0.15) is 9.66 Å². The Kier molecular flexibility index (Phi) is 2.80. The van der Waals surface area contributed by atoms with Crippen molar-refractivity contribution in [3.63, 3.8) is 0 Å². The minimum Gasteiger partial charge on any atom is -0.331 e. The summed E-state index contributed by atoms with van der Waals surface area (Å²) in [6.07, 6.45) is 0. The first-order chi connectivity index (χ1) is 12.3. The molecule has 0 unspecified atom stereocenters. The van der Waals surface area contributed by atoms with E-state index >= 15 is 0 Å². The van der Waals surface area contributed by atoms with Gasteiger partial charge in [-0.05, 0) is 47.5 Å². The molecule has 0 atom stereocenters. The topological polar surface area (TPSA) is 9.86 Å². The Bertz CT molecular complexity index is 1310. The summed E-state index contributed by atoms with van der Waals surface area (Å²) in [6.45, 7) is 6.55. The van der Waals surface area contributed by atoms with E-state index in [-0.39, 0.29) is 0 Å². The van der Waals surface area contributed by atoms with Crippen molar-refractivity contribution in [2.45, 2.75) is 26.9 Å². The number of hydrogen-bond acceptors (Lipinski definition) is 3. The molecule has 0 fully saturated rings. The van der Waals surface area contributed by atoms with Crippen molar-refractivity contribution in [1.29, 1.82) is 0 Å². The summed E-state index contributed by atoms with van der Waals surface area (Å²) in [5.74, 6) is 0. The Morgan fingerprint density at radius 3 is 1.64 bits per heavy atom. The average Bonchev–Trinajstić information content (AvgIpc) is 3.38. The first-order valence-corrected chi connectivity index (χ1v) is 11.3. The second-order valence-electron chi connectivity index (χ2n) is 6.41. The number of aryl methyl sites for hydroxylation is 2. The van der Waals surface area contributed by atoms with Gasteiger partial charge in [0, 0.05) is 45.4 Å². The average molecular weight is 381 g/mol. The lowest BCUT2D eigenvalue weighted by Gasteiger charge is -2.09. The Morgan fingerprint density at radius 2 is 1.20 bits per heavy atom. The van der Waals surface area contributed by atoms with Crippen LogP contribution < -0.4 is 0 Å². The Morgan fingerprint density at radius 1 is 0.720 bits per heavy atom. The molecule has 1 aromatic carbocycles. The monoisotopic (exact) mass is 380 g/mol. The van der Waals surface area contributed by atoms with Gasteiger partial charge in [0.05, 0.1) is 11.0 Å². The van der Waals surface area contributed by atoms with E-state index < -0.39 is 0 Å². The van der Waals surface area contributed by atoms with Crippen LogP contribution in [0.25, 0.3) is 53.0 Å². The lowest BCUT2D eigenvalue weighted by Crippen LogP contribution is -1.98. The fourth-order valence-corrected chi connectivity index (χ4v) is 7.24. The molecule has 0 radical (unpaired) electrons. The quantitative estimate of drug-likeness (QED) is 0.299. The predicted octanol–water partition coefficient (Wildman–Crippen LogP) is 7.28. The Balaban J connectivity index is 2.10. The SMILES string of the molecule is CCn1c2sccc2c2c3cscc3c3c4ccsc4n(CC)c3c21. The van der Waals surface area contributed by atoms with Crippen LogP contribution in [0.2, 0.25) is 0 Å². The van der Waals surface area contributed by atoms with Crippen molar-refractivity contribution in [3.05, 3.63) is 33.7 Å².